The van der Waals surface area contributed by atoms with Crippen molar-refractivity contribution in [3.63, 3.8) is 0 Å². The highest BCUT2D eigenvalue weighted by atomic mass is 16.5. The molecule has 4 aromatic rings. The minimum absolute atomic E-state index is 0.138. The van der Waals surface area contributed by atoms with Crippen LogP contribution in [0.4, 0.5) is 4.79 Å². The minimum Gasteiger partial charge on any atom is -0.496 e. The zero-order chi connectivity index (χ0) is 22.3. The molecule has 3 aromatic carbocycles. The monoisotopic (exact) mass is 428 g/mol. The van der Waals surface area contributed by atoms with Gasteiger partial charge in [-0.3, -0.25) is 4.79 Å². The van der Waals surface area contributed by atoms with Crippen molar-refractivity contribution in [1.29, 1.82) is 0 Å². The molecule has 0 saturated carbocycles. The van der Waals surface area contributed by atoms with E-state index in [1.165, 1.54) is 0 Å². The molecule has 0 bridgehead atoms. The van der Waals surface area contributed by atoms with Crippen LogP contribution in [0.1, 0.15) is 17.0 Å². The van der Waals surface area contributed by atoms with E-state index >= 15 is 0 Å². The van der Waals surface area contributed by atoms with Crippen LogP contribution in [0.2, 0.25) is 0 Å². The van der Waals surface area contributed by atoms with Crippen molar-refractivity contribution < 1.29 is 9.53 Å². The van der Waals surface area contributed by atoms with E-state index in [2.05, 4.69) is 15.3 Å². The Morgan fingerprint density at radius 2 is 1.69 bits per heavy atom. The molecule has 162 valence electrons. The topological polar surface area (TPSA) is 87.3 Å². The Labute approximate surface area is 185 Å². The number of benzene rings is 3. The zero-order valence-corrected chi connectivity index (χ0v) is 17.7. The molecule has 0 aliphatic heterocycles. The van der Waals surface area contributed by atoms with E-state index in [9.17, 15) is 9.59 Å². The average molecular weight is 428 g/mol. The maximum atomic E-state index is 13.1. The number of nitrogens with zero attached hydrogens (tertiary/aromatic N) is 2. The van der Waals surface area contributed by atoms with Gasteiger partial charge in [-0.15, -0.1) is 0 Å². The number of methoxy groups -OCH3 is 1. The molecule has 2 N–H and O–H groups in total. The molecule has 0 unspecified atom stereocenters. The number of aromatic amines is 1. The lowest BCUT2D eigenvalue weighted by Gasteiger charge is -2.24. The summed E-state index contributed by atoms with van der Waals surface area (Å²) in [6.45, 7) is 0.823. The first kappa shape index (κ1) is 21.1. The number of aromatic nitrogens is 2. The van der Waals surface area contributed by atoms with Gasteiger partial charge in [0.1, 0.15) is 11.6 Å². The summed E-state index contributed by atoms with van der Waals surface area (Å²) in [6.07, 6.45) is 0. The normalized spacial score (nSPS) is 10.7. The SMILES string of the molecule is COc1ccccc1CN(Cc1nc2ccccc2c(=O)[nH]1)C(=O)NCc1ccccc1. The summed E-state index contributed by atoms with van der Waals surface area (Å²) in [7, 11) is 1.60. The fourth-order valence-electron chi connectivity index (χ4n) is 3.51. The van der Waals surface area contributed by atoms with Crippen LogP contribution in [-0.2, 0) is 19.6 Å². The van der Waals surface area contributed by atoms with E-state index < -0.39 is 0 Å². The van der Waals surface area contributed by atoms with Gasteiger partial charge in [-0.25, -0.2) is 9.78 Å². The molecule has 0 spiro atoms. The van der Waals surface area contributed by atoms with Crippen LogP contribution in [0.15, 0.2) is 83.7 Å². The van der Waals surface area contributed by atoms with Crippen molar-refractivity contribution >= 4 is 16.9 Å². The molecule has 0 saturated heterocycles. The van der Waals surface area contributed by atoms with Crippen LogP contribution in [0.25, 0.3) is 10.9 Å². The fraction of sp³-hybridized carbons (Fsp3) is 0.160. The van der Waals surface area contributed by atoms with E-state index in [1.54, 1.807) is 30.2 Å². The molecule has 7 heteroatoms. The maximum absolute atomic E-state index is 13.1. The van der Waals surface area contributed by atoms with E-state index in [1.807, 2.05) is 60.7 Å². The smallest absolute Gasteiger partial charge is 0.318 e. The van der Waals surface area contributed by atoms with E-state index in [-0.39, 0.29) is 18.1 Å². The average Bonchev–Trinajstić information content (AvgIpc) is 2.83. The Kier molecular flexibility index (Phi) is 6.46. The van der Waals surface area contributed by atoms with Crippen molar-refractivity contribution in [2.45, 2.75) is 19.6 Å². The van der Waals surface area contributed by atoms with E-state index in [0.29, 0.717) is 35.6 Å². The van der Waals surface area contributed by atoms with E-state index in [4.69, 9.17) is 4.74 Å². The third-order valence-corrected chi connectivity index (χ3v) is 5.13. The van der Waals surface area contributed by atoms with Gasteiger partial charge in [0.15, 0.2) is 0 Å². The summed E-state index contributed by atoms with van der Waals surface area (Å²) in [5.74, 6) is 1.10. The zero-order valence-electron chi connectivity index (χ0n) is 17.7. The van der Waals surface area contributed by atoms with Gasteiger partial charge >= 0.3 is 6.03 Å². The van der Waals surface area contributed by atoms with Crippen molar-refractivity contribution in [3.05, 3.63) is 106 Å². The lowest BCUT2D eigenvalue weighted by atomic mass is 10.2. The standard InChI is InChI=1S/C25H24N4O3/c1-32-22-14-8-5-11-19(22)16-29(25(31)26-15-18-9-3-2-4-10-18)17-23-27-21-13-7-6-12-20(21)24(30)28-23/h2-14H,15-17H2,1H3,(H,26,31)(H,27,28,30). The largest absolute Gasteiger partial charge is 0.496 e. The number of nitrogens with one attached hydrogen (secondary N) is 2. The molecule has 0 fully saturated rings. The Morgan fingerprint density at radius 3 is 2.50 bits per heavy atom. The van der Waals surface area contributed by atoms with Crippen molar-refractivity contribution in [1.82, 2.24) is 20.2 Å². The molecular formula is C25H24N4O3. The molecule has 0 radical (unpaired) electrons. The van der Waals surface area contributed by atoms with Gasteiger partial charge in [-0.2, -0.15) is 0 Å². The van der Waals surface area contributed by atoms with Gasteiger partial charge in [0, 0.05) is 12.1 Å². The lowest BCUT2D eigenvalue weighted by molar-refractivity contribution is 0.189. The van der Waals surface area contributed by atoms with Crippen molar-refractivity contribution in [2.24, 2.45) is 0 Å². The number of H-pyrrole nitrogens is 1. The second-order valence-electron chi connectivity index (χ2n) is 7.34. The Hall–Kier alpha value is -4.13. The summed E-state index contributed by atoms with van der Waals surface area (Å²) in [5.41, 5.74) is 2.21. The molecule has 32 heavy (non-hydrogen) atoms. The van der Waals surface area contributed by atoms with Crippen LogP contribution < -0.4 is 15.6 Å². The Morgan fingerprint density at radius 1 is 0.969 bits per heavy atom. The summed E-state index contributed by atoms with van der Waals surface area (Å²) >= 11 is 0. The number of hydrogen-bond donors (Lipinski definition) is 2. The van der Waals surface area contributed by atoms with Crippen molar-refractivity contribution in [2.75, 3.05) is 7.11 Å². The van der Waals surface area contributed by atoms with Crippen molar-refractivity contribution in [3.8, 4) is 5.75 Å². The van der Waals surface area contributed by atoms with Crippen LogP contribution in [0.5, 0.6) is 5.75 Å². The number of carbonyl (C=O) groups is 1. The second kappa shape index (κ2) is 9.78. The van der Waals surface area contributed by atoms with Crippen LogP contribution in [0, 0.1) is 0 Å². The molecular weight excluding hydrogens is 404 g/mol. The number of amides is 2. The predicted octanol–water partition coefficient (Wildman–Crippen LogP) is 3.84. The second-order valence-corrected chi connectivity index (χ2v) is 7.34. The first-order valence-corrected chi connectivity index (χ1v) is 10.3. The van der Waals surface area contributed by atoms with Gasteiger partial charge < -0.3 is 19.9 Å². The highest BCUT2D eigenvalue weighted by Gasteiger charge is 2.18. The number of hydrogen-bond acceptors (Lipinski definition) is 4. The maximum Gasteiger partial charge on any atom is 0.318 e. The molecule has 7 nitrogen and oxygen atoms in total. The van der Waals surface area contributed by atoms with Gasteiger partial charge in [-0.05, 0) is 23.8 Å². The summed E-state index contributed by atoms with van der Waals surface area (Å²) < 4.78 is 5.45. The molecule has 1 aromatic heterocycles. The highest BCUT2D eigenvalue weighted by molar-refractivity contribution is 5.77. The number of fused-ring (bicyclic) bond motifs is 1. The van der Waals surface area contributed by atoms with Crippen LogP contribution in [0.3, 0.4) is 0 Å². The third kappa shape index (κ3) is 4.95. The molecule has 4 rings (SSSR count). The van der Waals surface area contributed by atoms with Gasteiger partial charge in [0.05, 0.1) is 31.1 Å². The highest BCUT2D eigenvalue weighted by Crippen LogP contribution is 2.20. The Balaban J connectivity index is 1.60. The quantitative estimate of drug-likeness (QED) is 0.468. The molecule has 0 aliphatic carbocycles. The lowest BCUT2D eigenvalue weighted by Crippen LogP contribution is -2.39. The van der Waals surface area contributed by atoms with Gasteiger partial charge in [-0.1, -0.05) is 60.7 Å². The Bertz CT molecular complexity index is 1270. The predicted molar refractivity (Wildman–Crippen MR) is 123 cm³/mol. The minimum atomic E-state index is -0.268. The summed E-state index contributed by atoms with van der Waals surface area (Å²) in [5, 5.41) is 3.47. The summed E-state index contributed by atoms with van der Waals surface area (Å²) in [6, 6.07) is 24.1. The van der Waals surface area contributed by atoms with Crippen LogP contribution in [-0.4, -0.2) is 28.0 Å². The number of urea groups is 1. The molecule has 0 aliphatic rings. The fourth-order valence-corrected chi connectivity index (χ4v) is 3.51. The number of ether oxygens (including phenoxy) is 1. The first-order valence-electron chi connectivity index (χ1n) is 10.3. The third-order valence-electron chi connectivity index (χ3n) is 5.13. The number of rotatable bonds is 7. The van der Waals surface area contributed by atoms with Gasteiger partial charge in [0.25, 0.3) is 5.56 Å². The summed E-state index contributed by atoms with van der Waals surface area (Å²) in [4.78, 5) is 34.6. The number of carbonyl (C=O) groups excluding carboxylic acids is 1. The molecule has 2 amide bonds. The van der Waals surface area contributed by atoms with Crippen LogP contribution >= 0.6 is 0 Å². The number of para-hydroxylation sites is 2. The first-order chi connectivity index (χ1) is 15.6. The molecule has 1 heterocycles. The van der Waals surface area contributed by atoms with Gasteiger partial charge in [0.2, 0.25) is 0 Å². The van der Waals surface area contributed by atoms with E-state index in [0.717, 1.165) is 11.1 Å². The molecule has 0 atom stereocenters.